The Morgan fingerprint density at radius 1 is 0.800 bits per heavy atom. The van der Waals surface area contributed by atoms with Crippen LogP contribution < -0.4 is 0 Å². The molecule has 0 amide bonds. The first-order valence-corrected chi connectivity index (χ1v) is 10.1. The second-order valence-corrected chi connectivity index (χ2v) is 10.5. The molecule has 2 rings (SSSR count). The zero-order chi connectivity index (χ0) is 18.7. The summed E-state index contributed by atoms with van der Waals surface area (Å²) in [5.74, 6) is 0.634. The van der Waals surface area contributed by atoms with Crippen molar-refractivity contribution in [2.75, 3.05) is 32.7 Å². The van der Waals surface area contributed by atoms with Crippen LogP contribution in [0, 0.1) is 10.8 Å². The van der Waals surface area contributed by atoms with Crippen molar-refractivity contribution in [1.29, 1.82) is 0 Å². The van der Waals surface area contributed by atoms with Crippen LogP contribution in [0.2, 0.25) is 0 Å². The molecule has 0 spiro atoms. The summed E-state index contributed by atoms with van der Waals surface area (Å²) >= 11 is 0. The number of hydrogen-bond donors (Lipinski definition) is 0. The van der Waals surface area contributed by atoms with E-state index >= 15 is 0 Å². The highest BCUT2D eigenvalue weighted by Gasteiger charge is 2.21. The van der Waals surface area contributed by atoms with Crippen LogP contribution in [0.25, 0.3) is 0 Å². The maximum absolute atomic E-state index is 2.62. The quantitative estimate of drug-likeness (QED) is 0.706. The standard InChI is InChI=1S/C23H40N2/c1-19(16-22(2,3)4)21-10-8-20(9-11-21)17-24-12-14-25(15-13-24)18-23(5,6)7/h8-11,19H,12-18H2,1-7H3. The van der Waals surface area contributed by atoms with Crippen LogP contribution in [-0.4, -0.2) is 42.5 Å². The van der Waals surface area contributed by atoms with Gasteiger partial charge in [-0.25, -0.2) is 0 Å². The lowest BCUT2D eigenvalue weighted by Crippen LogP contribution is -2.48. The fourth-order valence-electron chi connectivity index (χ4n) is 4.02. The molecule has 1 aliphatic heterocycles. The third-order valence-corrected chi connectivity index (χ3v) is 5.04. The molecular formula is C23H40N2. The van der Waals surface area contributed by atoms with Gasteiger partial charge in [-0.2, -0.15) is 0 Å². The third kappa shape index (κ3) is 7.50. The summed E-state index contributed by atoms with van der Waals surface area (Å²) in [7, 11) is 0. The number of nitrogens with zero attached hydrogens (tertiary/aromatic N) is 2. The van der Waals surface area contributed by atoms with Gasteiger partial charge in [-0.3, -0.25) is 4.90 Å². The fraction of sp³-hybridized carbons (Fsp3) is 0.739. The molecule has 1 aromatic carbocycles. The topological polar surface area (TPSA) is 6.48 Å². The molecule has 2 heteroatoms. The fourth-order valence-corrected chi connectivity index (χ4v) is 4.02. The minimum Gasteiger partial charge on any atom is -0.300 e. The number of benzene rings is 1. The zero-order valence-electron chi connectivity index (χ0n) is 17.7. The van der Waals surface area contributed by atoms with Crippen molar-refractivity contribution in [3.05, 3.63) is 35.4 Å². The highest BCUT2D eigenvalue weighted by atomic mass is 15.3. The number of piperazine rings is 1. The molecule has 1 atom stereocenters. The molecule has 1 aromatic rings. The predicted molar refractivity (Wildman–Crippen MR) is 110 cm³/mol. The van der Waals surface area contributed by atoms with E-state index in [-0.39, 0.29) is 0 Å². The van der Waals surface area contributed by atoms with Crippen molar-refractivity contribution in [2.45, 2.75) is 67.3 Å². The van der Waals surface area contributed by atoms with E-state index in [0.717, 1.165) is 6.54 Å². The molecule has 1 unspecified atom stereocenters. The average molecular weight is 345 g/mol. The summed E-state index contributed by atoms with van der Waals surface area (Å²) in [6.45, 7) is 23.5. The Balaban J connectivity index is 1.82. The average Bonchev–Trinajstić information content (AvgIpc) is 2.47. The minimum atomic E-state index is 0.394. The maximum atomic E-state index is 2.62. The molecule has 0 aliphatic carbocycles. The molecule has 2 nitrogen and oxygen atoms in total. The summed E-state index contributed by atoms with van der Waals surface area (Å²) < 4.78 is 0. The Morgan fingerprint density at radius 3 is 1.80 bits per heavy atom. The lowest BCUT2D eigenvalue weighted by molar-refractivity contribution is 0.0983. The normalized spacial score (nSPS) is 19.2. The van der Waals surface area contributed by atoms with Gasteiger partial charge in [0.2, 0.25) is 0 Å². The van der Waals surface area contributed by atoms with Gasteiger partial charge in [0, 0.05) is 39.3 Å². The Hall–Kier alpha value is -0.860. The second-order valence-electron chi connectivity index (χ2n) is 10.5. The number of rotatable bonds is 5. The zero-order valence-corrected chi connectivity index (χ0v) is 17.7. The molecular weight excluding hydrogens is 304 g/mol. The van der Waals surface area contributed by atoms with E-state index in [1.807, 2.05) is 0 Å². The Morgan fingerprint density at radius 2 is 1.32 bits per heavy atom. The van der Waals surface area contributed by atoms with Crippen LogP contribution in [0.4, 0.5) is 0 Å². The Bertz CT molecular complexity index is 511. The molecule has 0 aromatic heterocycles. The first-order valence-electron chi connectivity index (χ1n) is 10.1. The van der Waals surface area contributed by atoms with Gasteiger partial charge in [0.1, 0.15) is 0 Å². The van der Waals surface area contributed by atoms with Crippen molar-refractivity contribution in [3.8, 4) is 0 Å². The van der Waals surface area contributed by atoms with E-state index in [0.29, 0.717) is 16.7 Å². The van der Waals surface area contributed by atoms with E-state index in [1.165, 1.54) is 50.3 Å². The van der Waals surface area contributed by atoms with Crippen molar-refractivity contribution in [3.63, 3.8) is 0 Å². The summed E-state index contributed by atoms with van der Waals surface area (Å²) in [5.41, 5.74) is 3.73. The van der Waals surface area contributed by atoms with Crippen molar-refractivity contribution in [1.82, 2.24) is 9.80 Å². The molecule has 0 radical (unpaired) electrons. The summed E-state index contributed by atoms with van der Waals surface area (Å²) in [6, 6.07) is 9.38. The number of hydrogen-bond acceptors (Lipinski definition) is 2. The Kier molecular flexibility index (Phi) is 6.73. The van der Waals surface area contributed by atoms with Crippen molar-refractivity contribution in [2.24, 2.45) is 10.8 Å². The summed E-state index contributed by atoms with van der Waals surface area (Å²) in [6.07, 6.45) is 1.24. The van der Waals surface area contributed by atoms with E-state index in [4.69, 9.17) is 0 Å². The first-order chi connectivity index (χ1) is 11.5. The second kappa shape index (κ2) is 8.22. The van der Waals surface area contributed by atoms with E-state index in [2.05, 4.69) is 82.5 Å². The van der Waals surface area contributed by atoms with Gasteiger partial charge in [-0.1, -0.05) is 72.7 Å². The van der Waals surface area contributed by atoms with Gasteiger partial charge >= 0.3 is 0 Å². The van der Waals surface area contributed by atoms with E-state index < -0.39 is 0 Å². The van der Waals surface area contributed by atoms with E-state index in [9.17, 15) is 0 Å². The maximum Gasteiger partial charge on any atom is 0.0234 e. The van der Waals surface area contributed by atoms with Crippen LogP contribution in [0.5, 0.6) is 0 Å². The van der Waals surface area contributed by atoms with Crippen molar-refractivity contribution >= 4 is 0 Å². The van der Waals surface area contributed by atoms with Crippen LogP contribution in [-0.2, 0) is 6.54 Å². The summed E-state index contributed by atoms with van der Waals surface area (Å²) in [4.78, 5) is 5.22. The molecule has 0 bridgehead atoms. The highest BCUT2D eigenvalue weighted by Crippen LogP contribution is 2.30. The van der Waals surface area contributed by atoms with Crippen LogP contribution in [0.15, 0.2) is 24.3 Å². The summed E-state index contributed by atoms with van der Waals surface area (Å²) in [5, 5.41) is 0. The minimum absolute atomic E-state index is 0.394. The largest absolute Gasteiger partial charge is 0.300 e. The molecule has 1 fully saturated rings. The molecule has 142 valence electrons. The molecule has 1 saturated heterocycles. The lowest BCUT2D eigenvalue weighted by atomic mass is 9.82. The lowest BCUT2D eigenvalue weighted by Gasteiger charge is -2.37. The van der Waals surface area contributed by atoms with Crippen LogP contribution in [0.1, 0.15) is 71.9 Å². The van der Waals surface area contributed by atoms with Gasteiger partial charge in [0.15, 0.2) is 0 Å². The van der Waals surface area contributed by atoms with Gasteiger partial charge in [-0.15, -0.1) is 0 Å². The molecule has 1 heterocycles. The first kappa shape index (κ1) is 20.5. The van der Waals surface area contributed by atoms with Gasteiger partial charge in [0.05, 0.1) is 0 Å². The van der Waals surface area contributed by atoms with Gasteiger partial charge < -0.3 is 4.90 Å². The molecule has 0 saturated carbocycles. The Labute approximate surface area is 156 Å². The molecule has 0 N–H and O–H groups in total. The highest BCUT2D eigenvalue weighted by molar-refractivity contribution is 5.25. The van der Waals surface area contributed by atoms with Gasteiger partial charge in [0.25, 0.3) is 0 Å². The molecule has 25 heavy (non-hydrogen) atoms. The van der Waals surface area contributed by atoms with Gasteiger partial charge in [-0.05, 0) is 34.3 Å². The van der Waals surface area contributed by atoms with Crippen LogP contribution in [0.3, 0.4) is 0 Å². The van der Waals surface area contributed by atoms with Crippen LogP contribution >= 0.6 is 0 Å². The monoisotopic (exact) mass is 344 g/mol. The predicted octanol–water partition coefficient (Wildman–Crippen LogP) is 5.39. The third-order valence-electron chi connectivity index (χ3n) is 5.04. The molecule has 1 aliphatic rings. The van der Waals surface area contributed by atoms with Crippen molar-refractivity contribution < 1.29 is 0 Å². The van der Waals surface area contributed by atoms with E-state index in [1.54, 1.807) is 0 Å². The smallest absolute Gasteiger partial charge is 0.0234 e. The SMILES string of the molecule is CC(CC(C)(C)C)c1ccc(CN2CCN(CC(C)(C)C)CC2)cc1.